The monoisotopic (exact) mass is 740 g/mol. The zero-order chi connectivity index (χ0) is 26.0. The number of rotatable bonds is 0. The first-order chi connectivity index (χ1) is 12.3. The first-order valence-corrected chi connectivity index (χ1v) is 15.2. The number of phosphoric acid groups is 2. The Hall–Kier alpha value is 1.11. The van der Waals surface area contributed by atoms with E-state index >= 15 is 0 Å². The van der Waals surface area contributed by atoms with Crippen molar-refractivity contribution >= 4 is 48.7 Å². The van der Waals surface area contributed by atoms with Crippen LogP contribution >= 0.6 is 48.7 Å². The molecule has 0 bridgehead atoms. The number of hydrogen-bond acceptors (Lipinski definition) is 8. The minimum absolute atomic E-state index is 2.25. The Balaban J connectivity index is -0.0000000392. The Morgan fingerprint density at radius 2 is 0.448 bits per heavy atom. The Bertz CT molecular complexity index is 441. The second-order valence-corrected chi connectivity index (χ2v) is 7.03. The van der Waals surface area contributed by atoms with Crippen molar-refractivity contribution in [3.63, 3.8) is 0 Å². The third-order valence-electron chi connectivity index (χ3n) is 0. The van der Waals surface area contributed by atoms with Gasteiger partial charge in [0.2, 0.25) is 0 Å². The molecule has 0 unspecified atom stereocenters. The molecule has 22 nitrogen and oxygen atoms in total. The molecule has 0 saturated heterocycles. The molecule has 29 heteroatoms. The van der Waals surface area contributed by atoms with Gasteiger partial charge in [-0.15, -0.1) is 0 Å². The van der Waals surface area contributed by atoms with Crippen molar-refractivity contribution in [3.05, 3.63) is 0 Å². The molecular formula is H18O22P6W. The molecule has 0 saturated carbocycles. The van der Waals surface area contributed by atoms with Crippen molar-refractivity contribution < 1.29 is 121 Å². The molecule has 29 heavy (non-hydrogen) atoms. The molecule has 0 spiro atoms. The van der Waals surface area contributed by atoms with Gasteiger partial charge in [0, 0.05) is 0 Å². The normalized spacial score (nSPS) is 9.31. The van der Waals surface area contributed by atoms with Crippen molar-refractivity contribution in [1.29, 1.82) is 0 Å². The predicted molar refractivity (Wildman–Crippen MR) is 83.7 cm³/mol. The van der Waals surface area contributed by atoms with E-state index in [1.807, 2.05) is 0 Å². The summed E-state index contributed by atoms with van der Waals surface area (Å²) < 4.78 is 69.8. The maximum atomic E-state index is 8.88. The Kier molecular flexibility index (Phi) is 55.6. The first kappa shape index (κ1) is 47.8. The van der Waals surface area contributed by atoms with E-state index in [1.165, 1.54) is 0 Å². The molecule has 0 aromatic carbocycles. The summed E-state index contributed by atoms with van der Waals surface area (Å²) in [6.07, 6.45) is 0. The Labute approximate surface area is 170 Å². The molecule has 0 rings (SSSR count). The molecule has 14 N–H and O–H groups in total. The van der Waals surface area contributed by atoms with E-state index in [0.29, 0.717) is 0 Å². The number of hydrogen-bond donors (Lipinski definition) is 14. The molecule has 0 aliphatic rings. The van der Waals surface area contributed by atoms with Crippen molar-refractivity contribution in [2.24, 2.45) is 0 Å². The molecule has 0 aliphatic heterocycles. The van der Waals surface area contributed by atoms with E-state index in [4.69, 9.17) is 103 Å². The quantitative estimate of drug-likeness (QED) is 0.104. The van der Waals surface area contributed by atoms with Crippen molar-refractivity contribution in [2.45, 2.75) is 0 Å². The molecule has 186 valence electrons. The second kappa shape index (κ2) is 33.7. The molecule has 0 aromatic rings. The van der Waals surface area contributed by atoms with E-state index in [-0.39, 0.29) is 0 Å². The van der Waals surface area contributed by atoms with Gasteiger partial charge >= 0.3 is 73.9 Å². The summed E-state index contributed by atoms with van der Waals surface area (Å²) in [5, 5.41) is 0. The summed E-state index contributed by atoms with van der Waals surface area (Å²) >= 11 is -2.25. The molecule has 0 fully saturated rings. The standard InChI is InChI=1S/2H3O4P.4H3O3P.2O.W/c2*1-5(2,3)4;4*1-4(2)3;;;/h2*(H3,1,2,3,4);4*4H,(H2,1,2,3);;;. The van der Waals surface area contributed by atoms with Gasteiger partial charge < -0.3 is 68.5 Å². The van der Waals surface area contributed by atoms with Crippen LogP contribution < -0.4 is 0 Å². The molecule has 0 aliphatic carbocycles. The van der Waals surface area contributed by atoms with Crippen LogP contribution in [0.1, 0.15) is 0 Å². The summed E-state index contributed by atoms with van der Waals surface area (Å²) in [5.41, 5.74) is 0. The van der Waals surface area contributed by atoms with Crippen LogP contribution in [0.4, 0.5) is 0 Å². The van der Waals surface area contributed by atoms with Crippen LogP contribution in [0, 0.1) is 0 Å². The molecule has 0 amide bonds. The topological polar surface area (TPSA) is 420 Å². The van der Waals surface area contributed by atoms with Crippen LogP contribution in [0.15, 0.2) is 0 Å². The van der Waals surface area contributed by atoms with Gasteiger partial charge in [-0.25, -0.2) is 9.13 Å². The fraction of sp³-hybridized carbons (Fsp3) is 0. The fourth-order valence-electron chi connectivity index (χ4n) is 0. The molecule has 0 atom stereocenters. The van der Waals surface area contributed by atoms with Crippen LogP contribution in [-0.2, 0) is 52.7 Å². The molecule has 0 radical (unpaired) electrons. The van der Waals surface area contributed by atoms with Gasteiger partial charge in [-0.3, -0.25) is 18.3 Å². The van der Waals surface area contributed by atoms with Crippen LogP contribution in [0.3, 0.4) is 0 Å². The van der Waals surface area contributed by atoms with Gasteiger partial charge in [-0.2, -0.15) is 0 Å². The molecule has 0 heterocycles. The van der Waals surface area contributed by atoms with E-state index in [9.17, 15) is 0 Å². The molecule has 0 aromatic heterocycles. The summed E-state index contributed by atoms with van der Waals surface area (Å²) in [6.45, 7) is 0. The zero-order valence-electron chi connectivity index (χ0n) is 12.8. The van der Waals surface area contributed by atoms with E-state index in [1.54, 1.807) is 0 Å². The van der Waals surface area contributed by atoms with Crippen molar-refractivity contribution in [1.82, 2.24) is 0 Å². The summed E-state index contributed by atoms with van der Waals surface area (Å²) in [5.74, 6) is 0. The van der Waals surface area contributed by atoms with Gasteiger partial charge in [-0.1, -0.05) is 0 Å². The van der Waals surface area contributed by atoms with Gasteiger partial charge in [-0.05, 0) is 0 Å². The van der Waals surface area contributed by atoms with Crippen LogP contribution in [0.5, 0.6) is 0 Å². The van der Waals surface area contributed by atoms with Gasteiger partial charge in [0.05, 0.1) is 0 Å². The average Bonchev–Trinajstić information content (AvgIpc) is 2.19. The van der Waals surface area contributed by atoms with Gasteiger partial charge in [0.25, 0.3) is 0 Å². The minimum atomic E-state index is -4.64. The Morgan fingerprint density at radius 3 is 0.448 bits per heavy atom. The van der Waals surface area contributed by atoms with Crippen LogP contribution in [0.2, 0.25) is 0 Å². The third-order valence-corrected chi connectivity index (χ3v) is 0. The van der Waals surface area contributed by atoms with E-state index in [0.717, 1.165) is 0 Å². The SMILES string of the molecule is O=P(O)(O)O.O=P(O)(O)O.O=[PH](O)O.O=[PH](O)O.O=[PH](O)O.O=[PH](O)O.[O]=[W]=[O]. The van der Waals surface area contributed by atoms with Crippen molar-refractivity contribution in [2.75, 3.05) is 0 Å². The average molecular weight is 740 g/mol. The van der Waals surface area contributed by atoms with Crippen LogP contribution in [0.25, 0.3) is 0 Å². The second-order valence-electron chi connectivity index (χ2n) is 2.22. The maximum absolute atomic E-state index is 8.88. The van der Waals surface area contributed by atoms with Gasteiger partial charge in [0.15, 0.2) is 0 Å². The summed E-state index contributed by atoms with van der Waals surface area (Å²) in [7, 11) is -21.8. The van der Waals surface area contributed by atoms with E-state index in [2.05, 4.69) is 0 Å². The zero-order valence-corrected chi connectivity index (χ0v) is 21.6. The summed E-state index contributed by atoms with van der Waals surface area (Å²) in [6, 6.07) is 0. The van der Waals surface area contributed by atoms with Crippen molar-refractivity contribution in [3.8, 4) is 0 Å². The fourth-order valence-corrected chi connectivity index (χ4v) is 0. The Morgan fingerprint density at radius 1 is 0.448 bits per heavy atom. The first-order valence-electron chi connectivity index (χ1n) is 4.50. The third kappa shape index (κ3) is 17400. The molecular weight excluding hydrogens is 722 g/mol. The van der Waals surface area contributed by atoms with E-state index < -0.39 is 67.2 Å². The van der Waals surface area contributed by atoms with Crippen LogP contribution in [-0.4, -0.2) is 68.5 Å². The summed E-state index contributed by atoms with van der Waals surface area (Å²) in [4.78, 5) is 100. The van der Waals surface area contributed by atoms with Gasteiger partial charge in [0.1, 0.15) is 0 Å². The predicted octanol–water partition coefficient (Wildman–Crippen LogP) is -4.65.